The number of aliphatic imine (C=N–C) groups is 1. The summed E-state index contributed by atoms with van der Waals surface area (Å²) in [4.78, 5) is 22.2. The fourth-order valence-corrected chi connectivity index (χ4v) is 5.79. The topological polar surface area (TPSA) is 67.5 Å². The highest BCUT2D eigenvalue weighted by Crippen LogP contribution is 2.36. The Balaban J connectivity index is 1.33. The standard InChI is InChI=1S/C23H17N3O2S3/c1-13-7-8-14(2)17(11-13)24-22-26-21(27)19(29-22)12-15-9-10-20(28-15)31-23-25-16-5-3-4-6-18(16)30-23/h3-12H,1-2H3,(H,24,26,27)/b19-12-. The SMILES string of the molecule is Cc1ccc(C)c(N=C2NC(=O)/C(=C/c3ccc(Sc4nc5ccccc5s4)o3)S2)c1. The minimum atomic E-state index is -0.175. The molecular weight excluding hydrogens is 446 g/mol. The van der Waals surface area contributed by atoms with Gasteiger partial charge in [0.2, 0.25) is 0 Å². The lowest BCUT2D eigenvalue weighted by Gasteiger charge is -2.02. The monoisotopic (exact) mass is 463 g/mol. The van der Waals surface area contributed by atoms with Crippen molar-refractivity contribution >= 4 is 67.9 Å². The third kappa shape index (κ3) is 4.46. The third-order valence-electron chi connectivity index (χ3n) is 4.58. The van der Waals surface area contributed by atoms with Gasteiger partial charge in [-0.25, -0.2) is 9.98 Å². The Hall–Kier alpha value is -2.81. The van der Waals surface area contributed by atoms with Gasteiger partial charge in [0, 0.05) is 6.08 Å². The van der Waals surface area contributed by atoms with Crippen molar-refractivity contribution in [3.63, 3.8) is 0 Å². The largest absolute Gasteiger partial charge is 0.450 e. The highest BCUT2D eigenvalue weighted by Gasteiger charge is 2.24. The molecule has 5 rings (SSSR count). The molecule has 3 heterocycles. The summed E-state index contributed by atoms with van der Waals surface area (Å²) in [7, 11) is 0. The van der Waals surface area contributed by atoms with Crippen molar-refractivity contribution in [2.24, 2.45) is 4.99 Å². The number of hydrogen-bond acceptors (Lipinski definition) is 7. The highest BCUT2D eigenvalue weighted by molar-refractivity contribution is 8.18. The van der Waals surface area contributed by atoms with Gasteiger partial charge in [-0.15, -0.1) is 11.3 Å². The van der Waals surface area contributed by atoms with E-state index in [2.05, 4.69) is 21.4 Å². The van der Waals surface area contributed by atoms with E-state index in [1.165, 1.54) is 23.5 Å². The summed E-state index contributed by atoms with van der Waals surface area (Å²) >= 11 is 4.42. The van der Waals surface area contributed by atoms with E-state index in [1.807, 2.05) is 62.4 Å². The van der Waals surface area contributed by atoms with E-state index in [0.29, 0.717) is 15.8 Å². The quantitative estimate of drug-likeness (QED) is 0.348. The molecular formula is C23H17N3O2S3. The van der Waals surface area contributed by atoms with Crippen molar-refractivity contribution in [2.45, 2.75) is 23.3 Å². The molecule has 154 valence electrons. The summed E-state index contributed by atoms with van der Waals surface area (Å²) in [5.41, 5.74) is 4.03. The lowest BCUT2D eigenvalue weighted by molar-refractivity contribution is -0.115. The van der Waals surface area contributed by atoms with E-state index in [0.717, 1.165) is 36.5 Å². The third-order valence-corrected chi connectivity index (χ3v) is 7.50. The van der Waals surface area contributed by atoms with Gasteiger partial charge < -0.3 is 9.73 Å². The molecule has 0 bridgehead atoms. The van der Waals surface area contributed by atoms with Crippen LogP contribution in [0, 0.1) is 13.8 Å². The minimum absolute atomic E-state index is 0.175. The molecule has 0 spiro atoms. The van der Waals surface area contributed by atoms with E-state index >= 15 is 0 Å². The summed E-state index contributed by atoms with van der Waals surface area (Å²) in [6, 6.07) is 17.9. The fraction of sp³-hybridized carbons (Fsp3) is 0.0870. The van der Waals surface area contributed by atoms with Crippen molar-refractivity contribution in [1.82, 2.24) is 10.3 Å². The Labute approximate surface area is 191 Å². The van der Waals surface area contributed by atoms with Gasteiger partial charge in [0.1, 0.15) is 5.76 Å². The number of amides is 1. The number of carbonyl (C=O) groups excluding carboxylic acids is 1. The maximum absolute atomic E-state index is 12.4. The molecule has 2 aromatic heterocycles. The van der Waals surface area contributed by atoms with Gasteiger partial charge >= 0.3 is 0 Å². The molecule has 0 atom stereocenters. The number of para-hydroxylation sites is 1. The second-order valence-corrected chi connectivity index (χ2v) is 10.3. The molecule has 5 nitrogen and oxygen atoms in total. The number of aromatic nitrogens is 1. The maximum atomic E-state index is 12.4. The Morgan fingerprint density at radius 2 is 2.00 bits per heavy atom. The smallest absolute Gasteiger partial charge is 0.264 e. The second kappa shape index (κ2) is 8.37. The zero-order valence-electron chi connectivity index (χ0n) is 16.7. The Morgan fingerprint density at radius 3 is 2.87 bits per heavy atom. The van der Waals surface area contributed by atoms with Crippen LogP contribution in [-0.2, 0) is 4.79 Å². The number of nitrogens with one attached hydrogen (secondary N) is 1. The summed E-state index contributed by atoms with van der Waals surface area (Å²) < 4.78 is 7.97. The van der Waals surface area contributed by atoms with Crippen molar-refractivity contribution in [3.05, 3.63) is 76.4 Å². The molecule has 8 heteroatoms. The van der Waals surface area contributed by atoms with Crippen LogP contribution in [0.15, 0.2) is 78.3 Å². The number of hydrogen-bond donors (Lipinski definition) is 1. The molecule has 0 radical (unpaired) electrons. The number of aryl methyl sites for hydroxylation is 2. The number of thiazole rings is 1. The average Bonchev–Trinajstić information content (AvgIpc) is 3.44. The normalized spacial score (nSPS) is 16.5. The molecule has 0 saturated carbocycles. The number of furan rings is 1. The number of rotatable bonds is 4. The van der Waals surface area contributed by atoms with Crippen molar-refractivity contribution in [1.29, 1.82) is 0 Å². The summed E-state index contributed by atoms with van der Waals surface area (Å²) in [5, 5.41) is 4.14. The molecule has 1 aliphatic rings. The number of benzene rings is 2. The molecule has 1 fully saturated rings. The molecule has 1 N–H and O–H groups in total. The first-order valence-corrected chi connectivity index (χ1v) is 12.0. The van der Waals surface area contributed by atoms with E-state index in [1.54, 1.807) is 17.4 Å². The first-order chi connectivity index (χ1) is 15.0. The molecule has 31 heavy (non-hydrogen) atoms. The molecule has 0 unspecified atom stereocenters. The van der Waals surface area contributed by atoms with Gasteiger partial charge in [0.15, 0.2) is 14.6 Å². The van der Waals surface area contributed by atoms with Gasteiger partial charge in [0.05, 0.1) is 20.8 Å². The number of thioether (sulfide) groups is 1. The Morgan fingerprint density at radius 1 is 1.13 bits per heavy atom. The Kier molecular flexibility index (Phi) is 5.43. The number of carbonyl (C=O) groups is 1. The maximum Gasteiger partial charge on any atom is 0.264 e. The summed E-state index contributed by atoms with van der Waals surface area (Å²) in [6.07, 6.45) is 1.74. The van der Waals surface area contributed by atoms with Crippen LogP contribution in [0.1, 0.15) is 16.9 Å². The van der Waals surface area contributed by atoms with Crippen molar-refractivity contribution in [2.75, 3.05) is 0 Å². The van der Waals surface area contributed by atoms with Gasteiger partial charge in [-0.2, -0.15) is 0 Å². The van der Waals surface area contributed by atoms with Crippen LogP contribution < -0.4 is 5.32 Å². The van der Waals surface area contributed by atoms with Crippen LogP contribution in [0.4, 0.5) is 5.69 Å². The predicted octanol–water partition coefficient (Wildman–Crippen LogP) is 6.55. The van der Waals surface area contributed by atoms with Crippen LogP contribution in [0.2, 0.25) is 0 Å². The van der Waals surface area contributed by atoms with Gasteiger partial charge in [-0.3, -0.25) is 4.79 Å². The van der Waals surface area contributed by atoms with Crippen molar-refractivity contribution < 1.29 is 9.21 Å². The van der Waals surface area contributed by atoms with E-state index in [4.69, 9.17) is 4.42 Å². The number of nitrogens with zero attached hydrogens (tertiary/aromatic N) is 2. The Bertz CT molecular complexity index is 1330. The van der Waals surface area contributed by atoms with Crippen molar-refractivity contribution in [3.8, 4) is 0 Å². The average molecular weight is 464 g/mol. The molecule has 1 saturated heterocycles. The molecule has 4 aromatic rings. The van der Waals surface area contributed by atoms with Crippen LogP contribution in [-0.4, -0.2) is 16.1 Å². The number of fused-ring (bicyclic) bond motifs is 1. The fourth-order valence-electron chi connectivity index (χ4n) is 3.01. The lowest BCUT2D eigenvalue weighted by Crippen LogP contribution is -2.19. The van der Waals surface area contributed by atoms with E-state index in [9.17, 15) is 4.79 Å². The zero-order valence-corrected chi connectivity index (χ0v) is 19.2. The first kappa shape index (κ1) is 20.1. The van der Waals surface area contributed by atoms with Crippen LogP contribution in [0.25, 0.3) is 16.3 Å². The summed E-state index contributed by atoms with van der Waals surface area (Å²) in [6.45, 7) is 4.03. The number of amidine groups is 1. The minimum Gasteiger partial charge on any atom is -0.450 e. The molecule has 2 aromatic carbocycles. The predicted molar refractivity (Wildman–Crippen MR) is 129 cm³/mol. The van der Waals surface area contributed by atoms with Crippen LogP contribution >= 0.6 is 34.9 Å². The second-order valence-electron chi connectivity index (χ2n) is 6.98. The lowest BCUT2D eigenvalue weighted by atomic mass is 10.1. The van der Waals surface area contributed by atoms with E-state index in [-0.39, 0.29) is 5.91 Å². The van der Waals surface area contributed by atoms with Gasteiger partial charge in [0.25, 0.3) is 5.91 Å². The molecule has 0 aliphatic carbocycles. The zero-order chi connectivity index (χ0) is 21.4. The van der Waals surface area contributed by atoms with Crippen LogP contribution in [0.3, 0.4) is 0 Å². The first-order valence-electron chi connectivity index (χ1n) is 9.53. The van der Waals surface area contributed by atoms with Crippen LogP contribution in [0.5, 0.6) is 0 Å². The van der Waals surface area contributed by atoms with E-state index < -0.39 is 0 Å². The summed E-state index contributed by atoms with van der Waals surface area (Å²) in [5.74, 6) is 0.445. The van der Waals surface area contributed by atoms with Gasteiger partial charge in [-0.05, 0) is 78.8 Å². The van der Waals surface area contributed by atoms with Gasteiger partial charge in [-0.1, -0.05) is 24.3 Å². The molecule has 1 aliphatic heterocycles. The molecule has 1 amide bonds. The highest BCUT2D eigenvalue weighted by atomic mass is 32.2.